The van der Waals surface area contributed by atoms with Gasteiger partial charge >= 0.3 is 0 Å². The van der Waals surface area contributed by atoms with Crippen LogP contribution in [0.3, 0.4) is 0 Å². The molecule has 4 rings (SSSR count). The highest BCUT2D eigenvalue weighted by Crippen LogP contribution is 2.28. The van der Waals surface area contributed by atoms with E-state index in [0.29, 0.717) is 24.5 Å². The van der Waals surface area contributed by atoms with Gasteiger partial charge in [-0.2, -0.15) is 15.1 Å². The van der Waals surface area contributed by atoms with Crippen molar-refractivity contribution >= 4 is 22.7 Å². The Morgan fingerprint density at radius 1 is 1.31 bits per heavy atom. The summed E-state index contributed by atoms with van der Waals surface area (Å²) in [4.78, 5) is 14.6. The van der Waals surface area contributed by atoms with Gasteiger partial charge in [0.25, 0.3) is 0 Å². The Labute approximate surface area is 152 Å². The average molecular weight is 355 g/mol. The smallest absolute Gasteiger partial charge is 0.232 e. The standard InChI is InChI=1S/C18H25N7O/c1-4-26-17-14-5-8-19-16(14)22-18(23-17)21-15-11-20-25(12(15)2)13-6-9-24(3)10-7-13/h5,8,11,13H,4,6-7,9-10H2,1-3H3,(H2,19,21,22,23). The minimum Gasteiger partial charge on any atom is -0.477 e. The van der Waals surface area contributed by atoms with Crippen molar-refractivity contribution in [2.45, 2.75) is 32.7 Å². The molecule has 2 N–H and O–H groups in total. The fourth-order valence-electron chi connectivity index (χ4n) is 3.49. The van der Waals surface area contributed by atoms with Crippen LogP contribution in [0.5, 0.6) is 5.88 Å². The molecular weight excluding hydrogens is 330 g/mol. The monoisotopic (exact) mass is 355 g/mol. The van der Waals surface area contributed by atoms with Gasteiger partial charge in [0.15, 0.2) is 0 Å². The molecule has 0 radical (unpaired) electrons. The molecule has 0 atom stereocenters. The average Bonchev–Trinajstić information content (AvgIpc) is 3.24. The quantitative estimate of drug-likeness (QED) is 0.732. The molecule has 138 valence electrons. The fourth-order valence-corrected chi connectivity index (χ4v) is 3.49. The molecule has 3 aromatic rings. The number of rotatable bonds is 5. The molecule has 4 heterocycles. The van der Waals surface area contributed by atoms with Gasteiger partial charge in [-0.1, -0.05) is 0 Å². The summed E-state index contributed by atoms with van der Waals surface area (Å²) in [6.45, 7) is 6.81. The van der Waals surface area contributed by atoms with E-state index in [1.807, 2.05) is 25.4 Å². The van der Waals surface area contributed by atoms with Gasteiger partial charge in [0, 0.05) is 6.20 Å². The van der Waals surface area contributed by atoms with Gasteiger partial charge in [0.2, 0.25) is 11.8 Å². The van der Waals surface area contributed by atoms with Gasteiger partial charge in [0.1, 0.15) is 5.65 Å². The molecule has 0 aromatic carbocycles. The van der Waals surface area contributed by atoms with Crippen molar-refractivity contribution in [3.8, 4) is 5.88 Å². The second kappa shape index (κ2) is 6.95. The number of hydrogen-bond donors (Lipinski definition) is 2. The maximum Gasteiger partial charge on any atom is 0.232 e. The predicted molar refractivity (Wildman–Crippen MR) is 101 cm³/mol. The molecule has 0 bridgehead atoms. The van der Waals surface area contributed by atoms with Crippen LogP contribution in [0.15, 0.2) is 18.5 Å². The number of aromatic nitrogens is 5. The highest BCUT2D eigenvalue weighted by atomic mass is 16.5. The zero-order chi connectivity index (χ0) is 18.1. The Morgan fingerprint density at radius 3 is 2.88 bits per heavy atom. The molecule has 0 saturated carbocycles. The lowest BCUT2D eigenvalue weighted by Gasteiger charge is -2.29. The van der Waals surface area contributed by atoms with E-state index in [2.05, 4.69) is 48.9 Å². The van der Waals surface area contributed by atoms with E-state index in [1.165, 1.54) is 0 Å². The number of nitrogens with zero attached hydrogens (tertiary/aromatic N) is 5. The minimum absolute atomic E-state index is 0.451. The fraction of sp³-hybridized carbons (Fsp3) is 0.500. The van der Waals surface area contributed by atoms with E-state index < -0.39 is 0 Å². The van der Waals surface area contributed by atoms with Crippen molar-refractivity contribution in [2.75, 3.05) is 32.1 Å². The molecule has 8 nitrogen and oxygen atoms in total. The molecule has 1 fully saturated rings. The number of ether oxygens (including phenoxy) is 1. The van der Waals surface area contributed by atoms with Crippen molar-refractivity contribution in [1.29, 1.82) is 0 Å². The molecular formula is C18H25N7O. The summed E-state index contributed by atoms with van der Waals surface area (Å²) in [5.74, 6) is 1.09. The number of hydrogen-bond acceptors (Lipinski definition) is 6. The molecule has 0 aliphatic carbocycles. The van der Waals surface area contributed by atoms with Crippen LogP contribution in [0.4, 0.5) is 11.6 Å². The van der Waals surface area contributed by atoms with Crippen molar-refractivity contribution in [2.24, 2.45) is 0 Å². The summed E-state index contributed by atoms with van der Waals surface area (Å²) in [6, 6.07) is 2.38. The minimum atomic E-state index is 0.451. The Morgan fingerprint density at radius 2 is 2.12 bits per heavy atom. The van der Waals surface area contributed by atoms with E-state index >= 15 is 0 Å². The van der Waals surface area contributed by atoms with Gasteiger partial charge < -0.3 is 19.9 Å². The number of piperidine rings is 1. The molecule has 3 aromatic heterocycles. The first-order valence-electron chi connectivity index (χ1n) is 9.13. The van der Waals surface area contributed by atoms with Gasteiger partial charge in [-0.3, -0.25) is 4.68 Å². The highest BCUT2D eigenvalue weighted by molar-refractivity contribution is 5.82. The molecule has 1 aliphatic heterocycles. The van der Waals surface area contributed by atoms with Crippen LogP contribution in [0, 0.1) is 6.92 Å². The lowest BCUT2D eigenvalue weighted by molar-refractivity contribution is 0.210. The van der Waals surface area contributed by atoms with Crippen molar-refractivity contribution in [1.82, 2.24) is 29.6 Å². The van der Waals surface area contributed by atoms with Crippen molar-refractivity contribution < 1.29 is 4.74 Å². The molecule has 0 amide bonds. The summed E-state index contributed by atoms with van der Waals surface area (Å²) < 4.78 is 7.79. The van der Waals surface area contributed by atoms with E-state index in [-0.39, 0.29) is 0 Å². The Kier molecular flexibility index (Phi) is 4.50. The van der Waals surface area contributed by atoms with E-state index in [1.54, 1.807) is 0 Å². The Bertz CT molecular complexity index is 892. The Hall–Kier alpha value is -2.61. The summed E-state index contributed by atoms with van der Waals surface area (Å²) >= 11 is 0. The number of nitrogens with one attached hydrogen (secondary N) is 2. The van der Waals surface area contributed by atoms with E-state index in [4.69, 9.17) is 4.74 Å². The maximum atomic E-state index is 5.66. The second-order valence-corrected chi connectivity index (χ2v) is 6.77. The van der Waals surface area contributed by atoms with Crippen LogP contribution in [0.1, 0.15) is 31.5 Å². The van der Waals surface area contributed by atoms with Gasteiger partial charge in [-0.15, -0.1) is 0 Å². The Balaban J connectivity index is 1.59. The SMILES string of the molecule is CCOc1nc(Nc2cnn(C3CCN(C)CC3)c2C)nc2[nH]ccc12. The zero-order valence-corrected chi connectivity index (χ0v) is 15.5. The summed E-state index contributed by atoms with van der Waals surface area (Å²) in [5.41, 5.74) is 2.79. The lowest BCUT2D eigenvalue weighted by atomic mass is 10.1. The summed E-state index contributed by atoms with van der Waals surface area (Å²) in [6.07, 6.45) is 5.95. The van der Waals surface area contributed by atoms with Crippen LogP contribution in [0.2, 0.25) is 0 Å². The number of anilines is 2. The number of H-pyrrole nitrogens is 1. The lowest BCUT2D eigenvalue weighted by Crippen LogP contribution is -2.32. The zero-order valence-electron chi connectivity index (χ0n) is 15.5. The molecule has 1 saturated heterocycles. The second-order valence-electron chi connectivity index (χ2n) is 6.77. The van der Waals surface area contributed by atoms with Crippen LogP contribution in [-0.2, 0) is 0 Å². The van der Waals surface area contributed by atoms with Gasteiger partial charge in [-0.25, -0.2) is 0 Å². The normalized spacial score (nSPS) is 16.3. The van der Waals surface area contributed by atoms with Gasteiger partial charge in [0.05, 0.1) is 35.6 Å². The largest absolute Gasteiger partial charge is 0.477 e. The van der Waals surface area contributed by atoms with Crippen LogP contribution in [0.25, 0.3) is 11.0 Å². The molecule has 0 unspecified atom stereocenters. The summed E-state index contributed by atoms with van der Waals surface area (Å²) in [5, 5.41) is 8.80. The van der Waals surface area contributed by atoms with Crippen molar-refractivity contribution in [3.05, 3.63) is 24.2 Å². The van der Waals surface area contributed by atoms with Gasteiger partial charge in [-0.05, 0) is 52.9 Å². The topological polar surface area (TPSA) is 83.9 Å². The highest BCUT2D eigenvalue weighted by Gasteiger charge is 2.21. The predicted octanol–water partition coefficient (Wildman–Crippen LogP) is 2.87. The first-order valence-corrected chi connectivity index (χ1v) is 9.13. The molecule has 1 aliphatic rings. The van der Waals surface area contributed by atoms with E-state index in [0.717, 1.165) is 48.3 Å². The van der Waals surface area contributed by atoms with Crippen molar-refractivity contribution in [3.63, 3.8) is 0 Å². The number of likely N-dealkylation sites (tertiary alicyclic amines) is 1. The van der Waals surface area contributed by atoms with Crippen LogP contribution in [-0.4, -0.2) is 56.4 Å². The molecule has 26 heavy (non-hydrogen) atoms. The third-order valence-corrected chi connectivity index (χ3v) is 4.99. The number of fused-ring (bicyclic) bond motifs is 1. The number of aromatic amines is 1. The van der Waals surface area contributed by atoms with Crippen LogP contribution < -0.4 is 10.1 Å². The maximum absolute atomic E-state index is 5.66. The molecule has 8 heteroatoms. The van der Waals surface area contributed by atoms with Crippen LogP contribution >= 0.6 is 0 Å². The first-order chi connectivity index (χ1) is 12.7. The third kappa shape index (κ3) is 3.12. The van der Waals surface area contributed by atoms with E-state index in [9.17, 15) is 0 Å². The molecule has 0 spiro atoms. The first kappa shape index (κ1) is 16.8. The third-order valence-electron chi connectivity index (χ3n) is 4.99. The summed E-state index contributed by atoms with van der Waals surface area (Å²) in [7, 11) is 2.17.